The number of methoxy groups -OCH3 is 1. The normalized spacial score (nSPS) is 34.9. The molecule has 1 fully saturated rings. The van der Waals surface area contributed by atoms with Crippen LogP contribution in [0.25, 0.3) is 0 Å². The summed E-state index contributed by atoms with van der Waals surface area (Å²) in [4.78, 5) is 0. The molecule has 0 aromatic heterocycles. The molecule has 2 heteroatoms. The van der Waals surface area contributed by atoms with Crippen molar-refractivity contribution in [2.24, 2.45) is 17.8 Å². The molecule has 2 nitrogen and oxygen atoms in total. The van der Waals surface area contributed by atoms with E-state index in [2.05, 4.69) is 19.1 Å². The van der Waals surface area contributed by atoms with Gasteiger partial charge < -0.3 is 9.47 Å². The summed E-state index contributed by atoms with van der Waals surface area (Å²) in [5.41, 5.74) is 0. The van der Waals surface area contributed by atoms with Gasteiger partial charge in [-0.15, -0.1) is 0 Å². The Balaban J connectivity index is 1.64. The third kappa shape index (κ3) is 2.61. The predicted molar refractivity (Wildman–Crippen MR) is 60.8 cm³/mol. The van der Waals surface area contributed by atoms with E-state index in [4.69, 9.17) is 9.47 Å². The molecular weight excluding hydrogens is 188 g/mol. The zero-order chi connectivity index (χ0) is 10.7. The Morgan fingerprint density at radius 1 is 1.33 bits per heavy atom. The van der Waals surface area contributed by atoms with Crippen LogP contribution in [0.15, 0.2) is 12.2 Å². The fourth-order valence-electron chi connectivity index (χ4n) is 2.79. The van der Waals surface area contributed by atoms with Crippen LogP contribution >= 0.6 is 0 Å². The van der Waals surface area contributed by atoms with E-state index in [0.717, 1.165) is 37.4 Å². The minimum atomic E-state index is 0.277. The Morgan fingerprint density at radius 3 is 2.73 bits per heavy atom. The standard InChI is InChI=1S/C13H22O2/c1-3-13(14-2)9-15-8-12-7-10-4-5-11(12)6-10/h4-5,10-13H,3,6-9H2,1-2H3. The zero-order valence-electron chi connectivity index (χ0n) is 9.82. The van der Waals surface area contributed by atoms with Crippen molar-refractivity contribution in [2.75, 3.05) is 20.3 Å². The van der Waals surface area contributed by atoms with Crippen molar-refractivity contribution in [3.05, 3.63) is 12.2 Å². The summed E-state index contributed by atoms with van der Waals surface area (Å²) in [6, 6.07) is 0. The summed E-state index contributed by atoms with van der Waals surface area (Å²) in [7, 11) is 1.76. The molecule has 0 spiro atoms. The van der Waals surface area contributed by atoms with Gasteiger partial charge in [0.15, 0.2) is 0 Å². The maximum atomic E-state index is 5.76. The minimum Gasteiger partial charge on any atom is -0.379 e. The largest absolute Gasteiger partial charge is 0.379 e. The van der Waals surface area contributed by atoms with Gasteiger partial charge in [-0.05, 0) is 37.0 Å². The first-order valence-corrected chi connectivity index (χ1v) is 6.12. The Bertz CT molecular complexity index is 221. The van der Waals surface area contributed by atoms with Gasteiger partial charge in [-0.2, -0.15) is 0 Å². The van der Waals surface area contributed by atoms with E-state index in [1.54, 1.807) is 7.11 Å². The fourth-order valence-corrected chi connectivity index (χ4v) is 2.79. The van der Waals surface area contributed by atoms with Crippen LogP contribution in [0.3, 0.4) is 0 Å². The van der Waals surface area contributed by atoms with Crippen molar-refractivity contribution in [2.45, 2.75) is 32.3 Å². The quantitative estimate of drug-likeness (QED) is 0.627. The first kappa shape index (κ1) is 11.2. The van der Waals surface area contributed by atoms with Crippen LogP contribution in [-0.2, 0) is 9.47 Å². The Hall–Kier alpha value is -0.340. The van der Waals surface area contributed by atoms with Gasteiger partial charge in [-0.3, -0.25) is 0 Å². The molecule has 0 amide bonds. The van der Waals surface area contributed by atoms with Crippen LogP contribution in [0.5, 0.6) is 0 Å². The molecule has 2 aliphatic carbocycles. The highest BCUT2D eigenvalue weighted by Crippen LogP contribution is 2.43. The first-order valence-electron chi connectivity index (χ1n) is 6.12. The summed E-state index contributed by atoms with van der Waals surface area (Å²) >= 11 is 0. The van der Waals surface area contributed by atoms with Gasteiger partial charge in [0.2, 0.25) is 0 Å². The number of ether oxygens (including phenoxy) is 2. The van der Waals surface area contributed by atoms with Crippen LogP contribution in [0.4, 0.5) is 0 Å². The lowest BCUT2D eigenvalue weighted by Gasteiger charge is -2.20. The third-order valence-corrected chi connectivity index (χ3v) is 3.84. The molecule has 15 heavy (non-hydrogen) atoms. The summed E-state index contributed by atoms with van der Waals surface area (Å²) in [6.45, 7) is 3.81. The van der Waals surface area contributed by atoms with E-state index in [1.165, 1.54) is 12.8 Å². The fraction of sp³-hybridized carbons (Fsp3) is 0.846. The second kappa shape index (κ2) is 5.13. The lowest BCUT2D eigenvalue weighted by Crippen LogP contribution is -2.21. The average Bonchev–Trinajstić information content (AvgIpc) is 2.86. The summed E-state index contributed by atoms with van der Waals surface area (Å²) < 4.78 is 11.0. The zero-order valence-corrected chi connectivity index (χ0v) is 9.82. The summed E-state index contributed by atoms with van der Waals surface area (Å²) in [6.07, 6.45) is 8.79. The highest BCUT2D eigenvalue weighted by molar-refractivity contribution is 5.09. The first-order chi connectivity index (χ1) is 7.33. The summed E-state index contributed by atoms with van der Waals surface area (Å²) in [5, 5.41) is 0. The molecule has 0 radical (unpaired) electrons. The van der Waals surface area contributed by atoms with Gasteiger partial charge in [0.25, 0.3) is 0 Å². The number of hydrogen-bond donors (Lipinski definition) is 0. The number of allylic oxidation sites excluding steroid dienone is 2. The molecule has 0 aliphatic heterocycles. The lowest BCUT2D eigenvalue weighted by molar-refractivity contribution is -0.00674. The minimum absolute atomic E-state index is 0.277. The number of hydrogen-bond acceptors (Lipinski definition) is 2. The molecular formula is C13H22O2. The Morgan fingerprint density at radius 2 is 2.20 bits per heavy atom. The van der Waals surface area contributed by atoms with Crippen molar-refractivity contribution >= 4 is 0 Å². The van der Waals surface area contributed by atoms with Crippen molar-refractivity contribution in [1.29, 1.82) is 0 Å². The molecule has 2 aliphatic rings. The smallest absolute Gasteiger partial charge is 0.0802 e. The molecule has 0 aromatic rings. The molecule has 4 unspecified atom stereocenters. The van der Waals surface area contributed by atoms with E-state index >= 15 is 0 Å². The average molecular weight is 210 g/mol. The molecule has 4 atom stereocenters. The molecule has 1 saturated carbocycles. The second-order valence-electron chi connectivity index (χ2n) is 4.84. The Labute approximate surface area is 92.6 Å². The molecule has 0 heterocycles. The predicted octanol–water partition coefficient (Wildman–Crippen LogP) is 2.64. The SMILES string of the molecule is CCC(COCC1CC2C=CC1C2)OC. The highest BCUT2D eigenvalue weighted by atomic mass is 16.5. The highest BCUT2D eigenvalue weighted by Gasteiger charge is 2.35. The van der Waals surface area contributed by atoms with E-state index in [9.17, 15) is 0 Å². The van der Waals surface area contributed by atoms with Crippen LogP contribution in [0.1, 0.15) is 26.2 Å². The van der Waals surface area contributed by atoms with Crippen LogP contribution in [-0.4, -0.2) is 26.4 Å². The van der Waals surface area contributed by atoms with Gasteiger partial charge in [-0.25, -0.2) is 0 Å². The molecule has 2 rings (SSSR count). The van der Waals surface area contributed by atoms with Crippen molar-refractivity contribution < 1.29 is 9.47 Å². The maximum Gasteiger partial charge on any atom is 0.0802 e. The van der Waals surface area contributed by atoms with Crippen LogP contribution in [0.2, 0.25) is 0 Å². The monoisotopic (exact) mass is 210 g/mol. The van der Waals surface area contributed by atoms with Crippen molar-refractivity contribution in [3.63, 3.8) is 0 Å². The van der Waals surface area contributed by atoms with Gasteiger partial charge in [0, 0.05) is 7.11 Å². The van der Waals surface area contributed by atoms with Gasteiger partial charge in [0.1, 0.15) is 0 Å². The van der Waals surface area contributed by atoms with E-state index < -0.39 is 0 Å². The maximum absolute atomic E-state index is 5.76. The third-order valence-electron chi connectivity index (χ3n) is 3.84. The number of fused-ring (bicyclic) bond motifs is 2. The lowest BCUT2D eigenvalue weighted by atomic mass is 9.95. The molecule has 0 aromatic carbocycles. The van der Waals surface area contributed by atoms with Gasteiger partial charge >= 0.3 is 0 Å². The van der Waals surface area contributed by atoms with E-state index in [0.29, 0.717) is 0 Å². The van der Waals surface area contributed by atoms with Crippen molar-refractivity contribution in [1.82, 2.24) is 0 Å². The molecule has 0 N–H and O–H groups in total. The van der Waals surface area contributed by atoms with E-state index in [1.807, 2.05) is 0 Å². The van der Waals surface area contributed by atoms with Crippen LogP contribution < -0.4 is 0 Å². The van der Waals surface area contributed by atoms with E-state index in [-0.39, 0.29) is 6.10 Å². The molecule has 2 bridgehead atoms. The van der Waals surface area contributed by atoms with Crippen molar-refractivity contribution in [3.8, 4) is 0 Å². The summed E-state index contributed by atoms with van der Waals surface area (Å²) in [5.74, 6) is 2.43. The topological polar surface area (TPSA) is 18.5 Å². The number of rotatable bonds is 6. The second-order valence-corrected chi connectivity index (χ2v) is 4.84. The molecule has 86 valence electrons. The van der Waals surface area contributed by atoms with Gasteiger partial charge in [-0.1, -0.05) is 19.1 Å². The Kier molecular flexibility index (Phi) is 3.81. The van der Waals surface area contributed by atoms with Crippen LogP contribution in [0, 0.1) is 17.8 Å². The molecule has 0 saturated heterocycles. The van der Waals surface area contributed by atoms with Gasteiger partial charge in [0.05, 0.1) is 19.3 Å².